The van der Waals surface area contributed by atoms with Gasteiger partial charge in [0.25, 0.3) is 5.91 Å². The van der Waals surface area contributed by atoms with Crippen LogP contribution in [-0.4, -0.2) is 30.1 Å². The van der Waals surface area contributed by atoms with Crippen LogP contribution in [0.25, 0.3) is 0 Å². The molecule has 0 aliphatic heterocycles. The molecule has 0 aromatic carbocycles. The number of amides is 1. The number of carbonyl (C=O) groups excluding carboxylic acids is 1. The lowest BCUT2D eigenvalue weighted by Crippen LogP contribution is -2.28. The fourth-order valence-electron chi connectivity index (χ4n) is 1.63. The fraction of sp³-hybridized carbons (Fsp3) is 0.571. The van der Waals surface area contributed by atoms with Crippen LogP contribution in [0.5, 0.6) is 0 Å². The summed E-state index contributed by atoms with van der Waals surface area (Å²) in [6.07, 6.45) is 4.99. The van der Waals surface area contributed by atoms with Crippen molar-refractivity contribution in [3.63, 3.8) is 0 Å². The molecule has 0 bridgehead atoms. The van der Waals surface area contributed by atoms with Crippen molar-refractivity contribution in [1.29, 1.82) is 5.41 Å². The van der Waals surface area contributed by atoms with Gasteiger partial charge in [-0.15, -0.1) is 11.8 Å². The first-order valence-corrected chi connectivity index (χ1v) is 10.4. The van der Waals surface area contributed by atoms with Gasteiger partial charge in [-0.05, 0) is 25.3 Å². The Labute approximate surface area is 170 Å². The maximum atomic E-state index is 11.9. The van der Waals surface area contributed by atoms with E-state index < -0.39 is 0 Å². The normalized spacial score (nSPS) is 17.9. The van der Waals surface area contributed by atoms with Gasteiger partial charge in [0.05, 0.1) is 11.4 Å². The van der Waals surface area contributed by atoms with E-state index in [1.54, 1.807) is 13.0 Å². The molecule has 1 aliphatic carbocycles. The quantitative estimate of drug-likeness (QED) is 0.141. The third kappa shape index (κ3) is 14.8. The van der Waals surface area contributed by atoms with Crippen LogP contribution in [-0.2, 0) is 4.79 Å². The summed E-state index contributed by atoms with van der Waals surface area (Å²) in [5.41, 5.74) is 3.81. The minimum Gasteiger partial charge on any atom is -0.343 e. The minimum absolute atomic E-state index is 0.209. The second-order valence-electron chi connectivity index (χ2n) is 5.89. The highest BCUT2D eigenvalue weighted by molar-refractivity contribution is 8.00. The summed E-state index contributed by atoms with van der Waals surface area (Å²) < 4.78 is 0. The smallest absolute Gasteiger partial charge is 0.253 e. The van der Waals surface area contributed by atoms with Crippen molar-refractivity contribution >= 4 is 30.6 Å². The molecule has 6 heteroatoms. The molecular formula is C21H36N4OS. The molecule has 27 heavy (non-hydrogen) atoms. The number of hydrazone groups is 1. The predicted molar refractivity (Wildman–Crippen MR) is 121 cm³/mol. The summed E-state index contributed by atoms with van der Waals surface area (Å²) in [5, 5.41) is 13.4. The van der Waals surface area contributed by atoms with Gasteiger partial charge in [0.2, 0.25) is 0 Å². The second-order valence-corrected chi connectivity index (χ2v) is 6.98. The first-order chi connectivity index (χ1) is 12.9. The van der Waals surface area contributed by atoms with Crippen molar-refractivity contribution in [1.82, 2.24) is 10.7 Å². The zero-order valence-electron chi connectivity index (χ0n) is 17.7. The average Bonchev–Trinajstić information content (AvgIpc) is 3.35. The third-order valence-corrected chi connectivity index (χ3v) is 3.89. The average molecular weight is 393 g/mol. The molecule has 0 spiro atoms. The van der Waals surface area contributed by atoms with Gasteiger partial charge in [0, 0.05) is 18.9 Å². The largest absolute Gasteiger partial charge is 0.343 e. The number of allylic oxidation sites excluding steroid dienone is 2. The van der Waals surface area contributed by atoms with E-state index in [4.69, 9.17) is 5.41 Å². The number of hydrogen-bond acceptors (Lipinski definition) is 5. The highest BCUT2D eigenvalue weighted by Gasteiger charge is 2.30. The standard InChI is InChI=1S/C16H22N4OS.C3H8.C2H6/c1-11(2)7-14(9-17)16(21)19-10-22-15(20-18-4)6-5-13-8-12(13)3;1-3-2;1-2/h7,9,12-13,15,17,20H,1,4,8,10H2,2-3H3,(H,19,21);3H2,1-2H3;1-2H3/b14-7-,17-9?;;. The van der Waals surface area contributed by atoms with Crippen LogP contribution in [0, 0.1) is 29.1 Å². The molecule has 1 rings (SSSR count). The Bertz CT molecular complexity index is 560. The molecule has 0 heterocycles. The fourth-order valence-corrected chi connectivity index (χ4v) is 2.31. The lowest BCUT2D eigenvalue weighted by atomic mass is 10.2. The summed E-state index contributed by atoms with van der Waals surface area (Å²) in [6.45, 7) is 19.3. The number of nitrogens with zero attached hydrogens (tertiary/aromatic N) is 1. The number of thioether (sulfide) groups is 1. The molecule has 3 unspecified atom stereocenters. The molecule has 0 aromatic heterocycles. The number of hydrogen-bond donors (Lipinski definition) is 3. The summed E-state index contributed by atoms with van der Waals surface area (Å²) in [7, 11) is 0. The molecule has 1 fully saturated rings. The molecule has 0 radical (unpaired) electrons. The van der Waals surface area contributed by atoms with Gasteiger partial charge in [-0.1, -0.05) is 65.0 Å². The van der Waals surface area contributed by atoms with Crippen LogP contribution in [0.3, 0.4) is 0 Å². The monoisotopic (exact) mass is 392 g/mol. The third-order valence-electron chi connectivity index (χ3n) is 3.02. The van der Waals surface area contributed by atoms with Crippen molar-refractivity contribution in [2.75, 3.05) is 5.88 Å². The van der Waals surface area contributed by atoms with E-state index in [1.807, 2.05) is 13.8 Å². The Morgan fingerprint density at radius 2 is 2.00 bits per heavy atom. The van der Waals surface area contributed by atoms with Gasteiger partial charge in [-0.25, -0.2) is 0 Å². The molecule has 3 N–H and O–H groups in total. The van der Waals surface area contributed by atoms with Gasteiger partial charge in [-0.2, -0.15) is 5.10 Å². The Kier molecular flexibility index (Phi) is 17.6. The van der Waals surface area contributed by atoms with Crippen molar-refractivity contribution in [2.45, 2.75) is 59.8 Å². The van der Waals surface area contributed by atoms with E-state index in [2.05, 4.69) is 61.8 Å². The van der Waals surface area contributed by atoms with Gasteiger partial charge in [-0.3, -0.25) is 10.2 Å². The van der Waals surface area contributed by atoms with Crippen LogP contribution in [0.4, 0.5) is 0 Å². The first-order valence-electron chi connectivity index (χ1n) is 9.39. The molecule has 0 saturated heterocycles. The molecule has 152 valence electrons. The highest BCUT2D eigenvalue weighted by Crippen LogP contribution is 2.36. The van der Waals surface area contributed by atoms with Crippen molar-refractivity contribution in [3.8, 4) is 11.8 Å². The predicted octanol–water partition coefficient (Wildman–Crippen LogP) is 4.58. The maximum absolute atomic E-state index is 11.9. The second kappa shape index (κ2) is 17.4. The molecule has 5 nitrogen and oxygen atoms in total. The van der Waals surface area contributed by atoms with Gasteiger partial charge in [0.15, 0.2) is 5.37 Å². The lowest BCUT2D eigenvalue weighted by Gasteiger charge is -2.10. The zero-order chi connectivity index (χ0) is 21.2. The SMILES string of the molecule is C=NNC(C#CC1CC1C)SCNC(=O)/C(C=N)=C\C(=C)C.CC.CCC. The van der Waals surface area contributed by atoms with Crippen LogP contribution < -0.4 is 10.7 Å². The Morgan fingerprint density at radius 3 is 2.41 bits per heavy atom. The van der Waals surface area contributed by atoms with Crippen LogP contribution in [0.1, 0.15) is 54.4 Å². The van der Waals surface area contributed by atoms with E-state index >= 15 is 0 Å². The van der Waals surface area contributed by atoms with E-state index in [1.165, 1.54) is 18.2 Å². The zero-order valence-corrected chi connectivity index (χ0v) is 18.5. The van der Waals surface area contributed by atoms with Crippen LogP contribution >= 0.6 is 11.8 Å². The molecule has 3 atom stereocenters. The van der Waals surface area contributed by atoms with E-state index in [0.717, 1.165) is 18.2 Å². The number of rotatable bonds is 8. The number of carbonyl (C=O) groups is 1. The molecular weight excluding hydrogens is 356 g/mol. The lowest BCUT2D eigenvalue weighted by molar-refractivity contribution is -0.116. The van der Waals surface area contributed by atoms with E-state index in [0.29, 0.717) is 17.7 Å². The summed E-state index contributed by atoms with van der Waals surface area (Å²) in [5.74, 6) is 7.52. The molecule has 0 aromatic rings. The molecule has 1 aliphatic rings. The van der Waals surface area contributed by atoms with Gasteiger partial charge < -0.3 is 10.7 Å². The van der Waals surface area contributed by atoms with Gasteiger partial charge in [0.1, 0.15) is 0 Å². The van der Waals surface area contributed by atoms with Crippen molar-refractivity contribution in [3.05, 3.63) is 23.8 Å². The summed E-state index contributed by atoms with van der Waals surface area (Å²) in [6, 6.07) is 0. The Hall–Kier alpha value is -2.00. The van der Waals surface area contributed by atoms with E-state index in [-0.39, 0.29) is 16.9 Å². The van der Waals surface area contributed by atoms with Crippen molar-refractivity contribution in [2.24, 2.45) is 16.9 Å². The van der Waals surface area contributed by atoms with Crippen molar-refractivity contribution < 1.29 is 4.79 Å². The summed E-state index contributed by atoms with van der Waals surface area (Å²) in [4.78, 5) is 11.9. The van der Waals surface area contributed by atoms with E-state index in [9.17, 15) is 4.79 Å². The first kappa shape index (κ1) is 27.2. The molecule has 1 amide bonds. The molecule has 1 saturated carbocycles. The topological polar surface area (TPSA) is 77.3 Å². The Morgan fingerprint density at radius 1 is 1.44 bits per heavy atom. The maximum Gasteiger partial charge on any atom is 0.253 e. The Balaban J connectivity index is 0. The number of nitrogens with one attached hydrogen (secondary N) is 3. The van der Waals surface area contributed by atoms with Crippen LogP contribution in [0.2, 0.25) is 0 Å². The summed E-state index contributed by atoms with van der Waals surface area (Å²) >= 11 is 1.42. The highest BCUT2D eigenvalue weighted by atomic mass is 32.2. The van der Waals surface area contributed by atoms with Gasteiger partial charge >= 0.3 is 0 Å². The minimum atomic E-state index is -0.306. The van der Waals surface area contributed by atoms with Crippen LogP contribution in [0.15, 0.2) is 28.9 Å².